The van der Waals surface area contributed by atoms with Crippen molar-refractivity contribution in [1.82, 2.24) is 0 Å². The molecule has 1 unspecified atom stereocenters. The van der Waals surface area contributed by atoms with E-state index >= 15 is 0 Å². The van der Waals surface area contributed by atoms with Crippen LogP contribution in [0, 0.1) is 0 Å². The molecule has 2 nitrogen and oxygen atoms in total. The molecule has 3 heteroatoms. The van der Waals surface area contributed by atoms with Gasteiger partial charge in [0.05, 0.1) is 13.7 Å². The van der Waals surface area contributed by atoms with Crippen molar-refractivity contribution >= 4 is 12.6 Å². The Labute approximate surface area is 119 Å². The highest BCUT2D eigenvalue weighted by atomic mass is 32.1. The second-order valence-corrected chi connectivity index (χ2v) is 4.64. The van der Waals surface area contributed by atoms with Gasteiger partial charge in [0.15, 0.2) is 0 Å². The minimum absolute atomic E-state index is 0.298. The molecule has 0 aliphatic heterocycles. The van der Waals surface area contributed by atoms with Crippen LogP contribution in [0.3, 0.4) is 0 Å². The Bertz CT molecular complexity index is 482. The van der Waals surface area contributed by atoms with Gasteiger partial charge in [-0.05, 0) is 29.8 Å². The minimum Gasteiger partial charge on any atom is -0.497 e. The van der Waals surface area contributed by atoms with Crippen LogP contribution >= 0.6 is 12.6 Å². The van der Waals surface area contributed by atoms with E-state index in [1.54, 1.807) is 7.11 Å². The van der Waals surface area contributed by atoms with E-state index in [9.17, 15) is 0 Å². The number of hydrogen-bond donors (Lipinski definition) is 1. The predicted molar refractivity (Wildman–Crippen MR) is 81.5 cm³/mol. The molecule has 1 atom stereocenters. The third kappa shape index (κ3) is 3.93. The Morgan fingerprint density at radius 3 is 2.16 bits per heavy atom. The molecule has 0 saturated carbocycles. The van der Waals surface area contributed by atoms with E-state index in [0.717, 1.165) is 17.3 Å². The molecule has 0 spiro atoms. The van der Waals surface area contributed by atoms with E-state index in [4.69, 9.17) is 9.47 Å². The van der Waals surface area contributed by atoms with Gasteiger partial charge in [-0.15, -0.1) is 0 Å². The van der Waals surface area contributed by atoms with Gasteiger partial charge in [0.25, 0.3) is 0 Å². The summed E-state index contributed by atoms with van der Waals surface area (Å²) in [5.41, 5.74) is 1.26. The molecule has 0 aliphatic carbocycles. The zero-order chi connectivity index (χ0) is 13.5. The lowest BCUT2D eigenvalue weighted by atomic mass is 10.0. The maximum absolute atomic E-state index is 5.81. The fraction of sp³-hybridized carbons (Fsp3) is 0.250. The lowest BCUT2D eigenvalue weighted by molar-refractivity contribution is 0.297. The highest BCUT2D eigenvalue weighted by Gasteiger charge is 2.10. The van der Waals surface area contributed by atoms with Crippen molar-refractivity contribution < 1.29 is 9.47 Å². The summed E-state index contributed by atoms with van der Waals surface area (Å²) in [6.07, 6.45) is 0. The van der Waals surface area contributed by atoms with E-state index in [0.29, 0.717) is 12.5 Å². The molecule has 19 heavy (non-hydrogen) atoms. The molecule has 0 aliphatic rings. The van der Waals surface area contributed by atoms with E-state index < -0.39 is 0 Å². The molecule has 0 heterocycles. The SMILES string of the molecule is COc1ccc(OCC(CS)c2ccccc2)cc1. The van der Waals surface area contributed by atoms with Crippen molar-refractivity contribution in [2.75, 3.05) is 19.5 Å². The topological polar surface area (TPSA) is 18.5 Å². The number of methoxy groups -OCH3 is 1. The normalized spacial score (nSPS) is 11.9. The highest BCUT2D eigenvalue weighted by Crippen LogP contribution is 2.21. The molecule has 0 bridgehead atoms. The van der Waals surface area contributed by atoms with Crippen molar-refractivity contribution in [3.8, 4) is 11.5 Å². The molecule has 2 aromatic carbocycles. The summed E-state index contributed by atoms with van der Waals surface area (Å²) in [5, 5.41) is 0. The van der Waals surface area contributed by atoms with Crippen LogP contribution < -0.4 is 9.47 Å². The van der Waals surface area contributed by atoms with Gasteiger partial charge in [0, 0.05) is 11.7 Å². The molecule has 2 rings (SSSR count). The second-order valence-electron chi connectivity index (χ2n) is 4.28. The first-order valence-corrected chi connectivity index (χ1v) is 6.89. The van der Waals surface area contributed by atoms with Crippen LogP contribution in [0.4, 0.5) is 0 Å². The zero-order valence-corrected chi connectivity index (χ0v) is 11.8. The van der Waals surface area contributed by atoms with Gasteiger partial charge in [0.2, 0.25) is 0 Å². The van der Waals surface area contributed by atoms with Crippen LogP contribution in [0.2, 0.25) is 0 Å². The Kier molecular flexibility index (Phi) is 5.16. The molecule has 0 radical (unpaired) electrons. The smallest absolute Gasteiger partial charge is 0.119 e. The predicted octanol–water partition coefficient (Wildman–Crippen LogP) is 3.79. The molecular formula is C16H18O2S. The monoisotopic (exact) mass is 274 g/mol. The van der Waals surface area contributed by atoms with E-state index in [1.165, 1.54) is 5.56 Å². The zero-order valence-electron chi connectivity index (χ0n) is 11.0. The number of rotatable bonds is 6. The summed E-state index contributed by atoms with van der Waals surface area (Å²) < 4.78 is 10.9. The Morgan fingerprint density at radius 2 is 1.58 bits per heavy atom. The number of ether oxygens (including phenoxy) is 2. The quantitative estimate of drug-likeness (QED) is 0.808. The molecule has 0 N–H and O–H groups in total. The third-order valence-corrected chi connectivity index (χ3v) is 3.44. The van der Waals surface area contributed by atoms with Gasteiger partial charge < -0.3 is 9.47 Å². The average molecular weight is 274 g/mol. The molecule has 0 amide bonds. The highest BCUT2D eigenvalue weighted by molar-refractivity contribution is 7.80. The molecule has 0 aromatic heterocycles. The van der Waals surface area contributed by atoms with Crippen LogP contribution in [-0.2, 0) is 0 Å². The van der Waals surface area contributed by atoms with Gasteiger partial charge >= 0.3 is 0 Å². The van der Waals surface area contributed by atoms with Crippen LogP contribution in [0.1, 0.15) is 11.5 Å². The largest absolute Gasteiger partial charge is 0.497 e. The van der Waals surface area contributed by atoms with Gasteiger partial charge in [-0.3, -0.25) is 0 Å². The molecule has 0 saturated heterocycles. The van der Waals surface area contributed by atoms with E-state index in [-0.39, 0.29) is 0 Å². The van der Waals surface area contributed by atoms with Crippen LogP contribution in [0.25, 0.3) is 0 Å². The van der Waals surface area contributed by atoms with Crippen molar-refractivity contribution in [1.29, 1.82) is 0 Å². The molecule has 0 fully saturated rings. The average Bonchev–Trinajstić information content (AvgIpc) is 2.49. The molecule has 2 aromatic rings. The maximum atomic E-state index is 5.81. The van der Waals surface area contributed by atoms with E-state index in [1.807, 2.05) is 42.5 Å². The van der Waals surface area contributed by atoms with Crippen LogP contribution in [0.5, 0.6) is 11.5 Å². The fourth-order valence-corrected chi connectivity index (χ4v) is 2.16. The van der Waals surface area contributed by atoms with Gasteiger partial charge in [-0.2, -0.15) is 12.6 Å². The van der Waals surface area contributed by atoms with Crippen molar-refractivity contribution in [2.24, 2.45) is 0 Å². The minimum atomic E-state index is 0.298. The Balaban J connectivity index is 1.96. The van der Waals surface area contributed by atoms with Gasteiger partial charge in [-0.1, -0.05) is 30.3 Å². The summed E-state index contributed by atoms with van der Waals surface area (Å²) in [4.78, 5) is 0. The summed E-state index contributed by atoms with van der Waals surface area (Å²) in [6, 6.07) is 17.9. The van der Waals surface area contributed by atoms with Crippen LogP contribution in [0.15, 0.2) is 54.6 Å². The number of hydrogen-bond acceptors (Lipinski definition) is 3. The lowest BCUT2D eigenvalue weighted by Gasteiger charge is -2.16. The van der Waals surface area contributed by atoms with E-state index in [2.05, 4.69) is 24.8 Å². The summed E-state index contributed by atoms with van der Waals surface area (Å²) in [5.74, 6) is 2.75. The number of benzene rings is 2. The Hall–Kier alpha value is -1.61. The second kappa shape index (κ2) is 7.10. The first kappa shape index (κ1) is 13.8. The van der Waals surface area contributed by atoms with Gasteiger partial charge in [0.1, 0.15) is 11.5 Å². The van der Waals surface area contributed by atoms with Crippen molar-refractivity contribution in [3.63, 3.8) is 0 Å². The standard InChI is InChI=1S/C16H18O2S/c1-17-15-7-9-16(10-8-15)18-11-14(12-19)13-5-3-2-4-6-13/h2-10,14,19H,11-12H2,1H3. The van der Waals surface area contributed by atoms with Gasteiger partial charge in [-0.25, -0.2) is 0 Å². The third-order valence-electron chi connectivity index (χ3n) is 3.00. The van der Waals surface area contributed by atoms with Crippen molar-refractivity contribution in [3.05, 3.63) is 60.2 Å². The van der Waals surface area contributed by atoms with Crippen molar-refractivity contribution in [2.45, 2.75) is 5.92 Å². The first-order valence-electron chi connectivity index (χ1n) is 6.26. The molecular weight excluding hydrogens is 256 g/mol. The summed E-state index contributed by atoms with van der Waals surface area (Å²) in [6.45, 7) is 0.625. The summed E-state index contributed by atoms with van der Waals surface area (Å²) >= 11 is 4.40. The molecule has 100 valence electrons. The summed E-state index contributed by atoms with van der Waals surface area (Å²) in [7, 11) is 1.65. The number of thiol groups is 1. The Morgan fingerprint density at radius 1 is 0.947 bits per heavy atom. The lowest BCUT2D eigenvalue weighted by Crippen LogP contribution is -2.11. The van der Waals surface area contributed by atoms with Crippen LogP contribution in [-0.4, -0.2) is 19.5 Å². The first-order chi connectivity index (χ1) is 9.33. The fourth-order valence-electron chi connectivity index (χ4n) is 1.85. The maximum Gasteiger partial charge on any atom is 0.119 e.